The minimum absolute atomic E-state index is 0.211. The number of aliphatic hydroxyl groups excluding tert-OH is 1. The standard InChI is InChI=1S/C19H29N3O3/c1-19(2,3)25-18(24)21-9-4-5-13-6-7-15(11-14(13)12-21)22-10-8-16(20)17(22)23/h6-7,11,16-17,23H,4-5,8-10,12,20H2,1-3H3/t16-,17?/m0/s1. The number of hydrogen-bond donors (Lipinski definition) is 2. The van der Waals surface area contributed by atoms with Gasteiger partial charge in [-0.2, -0.15) is 0 Å². The number of nitrogens with two attached hydrogens (primary N) is 1. The fraction of sp³-hybridized carbons (Fsp3) is 0.632. The van der Waals surface area contributed by atoms with E-state index < -0.39 is 11.8 Å². The van der Waals surface area contributed by atoms with Crippen molar-refractivity contribution in [1.29, 1.82) is 0 Å². The zero-order valence-electron chi connectivity index (χ0n) is 15.4. The van der Waals surface area contributed by atoms with Crippen LogP contribution in [-0.2, 0) is 17.7 Å². The molecule has 3 rings (SSSR count). The molecule has 1 saturated heterocycles. The lowest BCUT2D eigenvalue weighted by molar-refractivity contribution is 0.0237. The van der Waals surface area contributed by atoms with Crippen LogP contribution in [0.3, 0.4) is 0 Å². The van der Waals surface area contributed by atoms with Crippen LogP contribution in [0.2, 0.25) is 0 Å². The molecule has 25 heavy (non-hydrogen) atoms. The van der Waals surface area contributed by atoms with E-state index in [4.69, 9.17) is 10.5 Å². The highest BCUT2D eigenvalue weighted by atomic mass is 16.6. The molecule has 0 saturated carbocycles. The Bertz CT molecular complexity index is 641. The number of carbonyl (C=O) groups excluding carboxylic acids is 1. The molecule has 0 aromatic heterocycles. The summed E-state index contributed by atoms with van der Waals surface area (Å²) in [6.07, 6.45) is 1.72. The van der Waals surface area contributed by atoms with E-state index in [-0.39, 0.29) is 12.1 Å². The van der Waals surface area contributed by atoms with Crippen molar-refractivity contribution in [2.24, 2.45) is 5.73 Å². The van der Waals surface area contributed by atoms with Crippen molar-refractivity contribution >= 4 is 11.8 Å². The third-order valence-electron chi connectivity index (χ3n) is 4.81. The normalized spacial score (nSPS) is 24.0. The first-order valence-corrected chi connectivity index (χ1v) is 9.04. The van der Waals surface area contributed by atoms with Crippen LogP contribution in [0.25, 0.3) is 0 Å². The molecule has 6 nitrogen and oxygen atoms in total. The van der Waals surface area contributed by atoms with Crippen LogP contribution in [0.1, 0.15) is 44.7 Å². The number of carbonyl (C=O) groups is 1. The smallest absolute Gasteiger partial charge is 0.410 e. The average Bonchev–Trinajstić information content (AvgIpc) is 2.74. The van der Waals surface area contributed by atoms with Gasteiger partial charge in [-0.1, -0.05) is 6.07 Å². The first kappa shape index (κ1) is 18.0. The van der Waals surface area contributed by atoms with Crippen LogP contribution in [0.5, 0.6) is 0 Å². The molecule has 1 aromatic carbocycles. The first-order chi connectivity index (χ1) is 11.7. The van der Waals surface area contributed by atoms with Crippen LogP contribution >= 0.6 is 0 Å². The highest BCUT2D eigenvalue weighted by molar-refractivity contribution is 5.68. The summed E-state index contributed by atoms with van der Waals surface area (Å²) in [6.45, 7) is 7.62. The van der Waals surface area contributed by atoms with Crippen LogP contribution in [0.4, 0.5) is 10.5 Å². The lowest BCUT2D eigenvalue weighted by Gasteiger charge is -2.27. The number of fused-ring (bicyclic) bond motifs is 1. The summed E-state index contributed by atoms with van der Waals surface area (Å²) < 4.78 is 5.53. The maximum absolute atomic E-state index is 12.4. The monoisotopic (exact) mass is 347 g/mol. The van der Waals surface area contributed by atoms with Gasteiger partial charge >= 0.3 is 6.09 Å². The minimum atomic E-state index is -0.647. The van der Waals surface area contributed by atoms with Gasteiger partial charge in [-0.15, -0.1) is 0 Å². The number of amides is 1. The third-order valence-corrected chi connectivity index (χ3v) is 4.81. The molecule has 2 atom stereocenters. The zero-order valence-corrected chi connectivity index (χ0v) is 15.4. The summed E-state index contributed by atoms with van der Waals surface area (Å²) in [4.78, 5) is 16.2. The number of nitrogens with zero attached hydrogens (tertiary/aromatic N) is 2. The number of hydrogen-bond acceptors (Lipinski definition) is 5. The molecule has 0 spiro atoms. The van der Waals surface area contributed by atoms with Crippen molar-refractivity contribution in [3.63, 3.8) is 0 Å². The van der Waals surface area contributed by atoms with E-state index in [1.54, 1.807) is 4.90 Å². The maximum Gasteiger partial charge on any atom is 0.410 e. The first-order valence-electron chi connectivity index (χ1n) is 9.04. The maximum atomic E-state index is 12.4. The second kappa shape index (κ2) is 6.84. The highest BCUT2D eigenvalue weighted by Crippen LogP contribution is 2.29. The zero-order chi connectivity index (χ0) is 18.2. The molecule has 2 aliphatic heterocycles. The van der Waals surface area contributed by atoms with Gasteiger partial charge in [-0.3, -0.25) is 0 Å². The Kier molecular flexibility index (Phi) is 4.93. The summed E-state index contributed by atoms with van der Waals surface area (Å²) in [6, 6.07) is 6.03. The predicted molar refractivity (Wildman–Crippen MR) is 97.4 cm³/mol. The largest absolute Gasteiger partial charge is 0.444 e. The second-order valence-corrected chi connectivity index (χ2v) is 8.02. The number of anilines is 1. The van der Waals surface area contributed by atoms with Crippen molar-refractivity contribution in [3.05, 3.63) is 29.3 Å². The number of ether oxygens (including phenoxy) is 1. The average molecular weight is 347 g/mol. The lowest BCUT2D eigenvalue weighted by Crippen LogP contribution is -2.39. The molecule has 2 aliphatic rings. The number of rotatable bonds is 1. The Balaban J connectivity index is 1.80. The molecule has 138 valence electrons. The summed E-state index contributed by atoms with van der Waals surface area (Å²) >= 11 is 0. The van der Waals surface area contributed by atoms with E-state index >= 15 is 0 Å². The summed E-state index contributed by atoms with van der Waals surface area (Å²) in [5, 5.41) is 10.3. The predicted octanol–water partition coefficient (Wildman–Crippen LogP) is 2.23. The molecule has 0 bridgehead atoms. The van der Waals surface area contributed by atoms with E-state index in [2.05, 4.69) is 12.1 Å². The highest BCUT2D eigenvalue weighted by Gasteiger charge is 2.31. The Morgan fingerprint density at radius 2 is 2.04 bits per heavy atom. The lowest BCUT2D eigenvalue weighted by atomic mass is 10.0. The molecule has 0 aliphatic carbocycles. The second-order valence-electron chi connectivity index (χ2n) is 8.02. The van der Waals surface area contributed by atoms with E-state index in [1.807, 2.05) is 31.7 Å². The number of benzene rings is 1. The van der Waals surface area contributed by atoms with Crippen molar-refractivity contribution in [2.75, 3.05) is 18.0 Å². The van der Waals surface area contributed by atoms with Gasteiger partial charge in [0.25, 0.3) is 0 Å². The quantitative estimate of drug-likeness (QED) is 0.814. The van der Waals surface area contributed by atoms with E-state index in [9.17, 15) is 9.90 Å². The molecule has 1 fully saturated rings. The summed E-state index contributed by atoms with van der Waals surface area (Å²) in [5.41, 5.74) is 8.77. The Morgan fingerprint density at radius 1 is 1.28 bits per heavy atom. The molecule has 0 radical (unpaired) electrons. The van der Waals surface area contributed by atoms with Crippen LogP contribution in [-0.4, -0.2) is 47.1 Å². The van der Waals surface area contributed by atoms with Crippen molar-refractivity contribution in [1.82, 2.24) is 4.90 Å². The Hall–Kier alpha value is -1.79. The Labute approximate surface area is 149 Å². The van der Waals surface area contributed by atoms with Gasteiger partial charge in [0.1, 0.15) is 11.8 Å². The van der Waals surface area contributed by atoms with Gasteiger partial charge < -0.3 is 25.4 Å². The fourth-order valence-electron chi connectivity index (χ4n) is 3.49. The molecule has 1 unspecified atom stereocenters. The van der Waals surface area contributed by atoms with E-state index in [1.165, 1.54) is 5.56 Å². The van der Waals surface area contributed by atoms with Gasteiger partial charge in [0.05, 0.1) is 6.04 Å². The van der Waals surface area contributed by atoms with Gasteiger partial charge in [0, 0.05) is 25.3 Å². The van der Waals surface area contributed by atoms with Crippen molar-refractivity contribution in [2.45, 2.75) is 64.4 Å². The number of aliphatic hydroxyl groups is 1. The summed E-state index contributed by atoms with van der Waals surface area (Å²) in [5.74, 6) is 0. The topological polar surface area (TPSA) is 79.0 Å². The molecule has 2 heterocycles. The Morgan fingerprint density at radius 3 is 2.68 bits per heavy atom. The van der Waals surface area contributed by atoms with Gasteiger partial charge in [-0.05, 0) is 63.3 Å². The third kappa shape index (κ3) is 4.07. The van der Waals surface area contributed by atoms with Crippen molar-refractivity contribution < 1.29 is 14.6 Å². The summed E-state index contributed by atoms with van der Waals surface area (Å²) in [7, 11) is 0. The van der Waals surface area contributed by atoms with Gasteiger partial charge in [0.15, 0.2) is 0 Å². The van der Waals surface area contributed by atoms with Gasteiger partial charge in [-0.25, -0.2) is 4.79 Å². The van der Waals surface area contributed by atoms with Crippen LogP contribution in [0.15, 0.2) is 18.2 Å². The minimum Gasteiger partial charge on any atom is -0.444 e. The number of aryl methyl sites for hydroxylation is 1. The molecular formula is C19H29N3O3. The van der Waals surface area contributed by atoms with Crippen LogP contribution < -0.4 is 10.6 Å². The molecule has 1 amide bonds. The molecule has 3 N–H and O–H groups in total. The SMILES string of the molecule is CC(C)(C)OC(=O)N1CCCc2ccc(N3CC[C@H](N)C3O)cc2C1. The molecule has 1 aromatic rings. The molecule has 6 heteroatoms. The van der Waals surface area contributed by atoms with E-state index in [0.29, 0.717) is 13.1 Å². The van der Waals surface area contributed by atoms with Crippen molar-refractivity contribution in [3.8, 4) is 0 Å². The molecular weight excluding hydrogens is 318 g/mol. The van der Waals surface area contributed by atoms with E-state index in [0.717, 1.165) is 37.1 Å². The van der Waals surface area contributed by atoms with Crippen LogP contribution in [0, 0.1) is 0 Å². The van der Waals surface area contributed by atoms with Gasteiger partial charge in [0.2, 0.25) is 0 Å². The fourth-order valence-corrected chi connectivity index (χ4v) is 3.49.